The molecule has 0 saturated heterocycles. The van der Waals surface area contributed by atoms with Crippen LogP contribution < -0.4 is 5.32 Å². The summed E-state index contributed by atoms with van der Waals surface area (Å²) in [5.74, 6) is 0.240. The highest BCUT2D eigenvalue weighted by molar-refractivity contribution is 6.01. The number of carbonyl (C=O) groups is 1. The lowest BCUT2D eigenvalue weighted by Gasteiger charge is -2.05. The van der Waals surface area contributed by atoms with E-state index in [4.69, 9.17) is 0 Å². The van der Waals surface area contributed by atoms with Gasteiger partial charge in [0.15, 0.2) is 0 Å². The minimum atomic E-state index is -0.317. The fraction of sp³-hybridized carbons (Fsp3) is 0.250. The Morgan fingerprint density at radius 1 is 1.23 bits per heavy atom. The zero-order valence-electron chi connectivity index (χ0n) is 12.2. The van der Waals surface area contributed by atoms with Crippen LogP contribution in [0.2, 0.25) is 0 Å². The summed E-state index contributed by atoms with van der Waals surface area (Å²) >= 11 is 0. The second-order valence-corrected chi connectivity index (χ2v) is 5.52. The zero-order chi connectivity index (χ0) is 15.1. The molecule has 4 rings (SSSR count). The summed E-state index contributed by atoms with van der Waals surface area (Å²) in [4.78, 5) is 20.6. The van der Waals surface area contributed by atoms with Gasteiger partial charge in [-0.1, -0.05) is 6.07 Å². The third-order valence-electron chi connectivity index (χ3n) is 3.99. The number of hydrogen-bond donors (Lipinski definition) is 1. The van der Waals surface area contributed by atoms with E-state index in [-0.39, 0.29) is 11.7 Å². The van der Waals surface area contributed by atoms with Crippen LogP contribution in [-0.2, 0) is 12.8 Å². The van der Waals surface area contributed by atoms with Gasteiger partial charge in [-0.3, -0.25) is 4.79 Å². The number of rotatable bonds is 2. The Kier molecular flexibility index (Phi) is 2.89. The van der Waals surface area contributed by atoms with Crippen molar-refractivity contribution in [3.63, 3.8) is 0 Å². The molecule has 1 aliphatic rings. The molecule has 0 spiro atoms. The van der Waals surface area contributed by atoms with Gasteiger partial charge in [0.05, 0.1) is 0 Å². The van der Waals surface area contributed by atoms with Gasteiger partial charge in [-0.25, -0.2) is 9.50 Å². The first-order chi connectivity index (χ1) is 10.7. The maximum Gasteiger partial charge on any atom is 0.295 e. The van der Waals surface area contributed by atoms with E-state index in [1.807, 2.05) is 25.1 Å². The summed E-state index contributed by atoms with van der Waals surface area (Å²) in [6.45, 7) is 1.89. The van der Waals surface area contributed by atoms with Crippen molar-refractivity contribution in [2.45, 2.75) is 26.2 Å². The first kappa shape index (κ1) is 12.9. The number of anilines is 1. The molecule has 6 nitrogen and oxygen atoms in total. The fourth-order valence-corrected chi connectivity index (χ4v) is 2.84. The Morgan fingerprint density at radius 2 is 2.09 bits per heavy atom. The Balaban J connectivity index is 1.62. The first-order valence-electron chi connectivity index (χ1n) is 7.32. The van der Waals surface area contributed by atoms with E-state index in [0.717, 1.165) is 24.2 Å². The van der Waals surface area contributed by atoms with Gasteiger partial charge in [0.1, 0.15) is 0 Å². The lowest BCUT2D eigenvalue weighted by molar-refractivity contribution is 0.101. The van der Waals surface area contributed by atoms with Gasteiger partial charge in [-0.2, -0.15) is 4.98 Å². The number of hydrogen-bond acceptors (Lipinski definition) is 4. The van der Waals surface area contributed by atoms with E-state index in [9.17, 15) is 4.79 Å². The molecule has 0 atom stereocenters. The fourth-order valence-electron chi connectivity index (χ4n) is 2.84. The third kappa shape index (κ3) is 2.13. The van der Waals surface area contributed by atoms with Crippen LogP contribution in [0.1, 0.15) is 33.9 Å². The molecule has 0 bridgehead atoms. The van der Waals surface area contributed by atoms with Crippen molar-refractivity contribution in [2.24, 2.45) is 0 Å². The zero-order valence-corrected chi connectivity index (χ0v) is 12.2. The molecule has 0 unspecified atom stereocenters. The predicted octanol–water partition coefficient (Wildman–Crippen LogP) is 2.17. The number of carbonyl (C=O) groups excluding carboxylic acids is 1. The van der Waals surface area contributed by atoms with Gasteiger partial charge >= 0.3 is 0 Å². The van der Waals surface area contributed by atoms with Gasteiger partial charge in [0, 0.05) is 17.6 Å². The molecule has 1 aromatic carbocycles. The third-order valence-corrected chi connectivity index (χ3v) is 3.99. The molecule has 1 N–H and O–H groups in total. The topological polar surface area (TPSA) is 72.2 Å². The number of aromatic nitrogens is 4. The molecule has 110 valence electrons. The second kappa shape index (κ2) is 4.91. The Labute approximate surface area is 127 Å². The molecule has 2 heterocycles. The molecule has 22 heavy (non-hydrogen) atoms. The highest BCUT2D eigenvalue weighted by Crippen LogP contribution is 2.25. The minimum Gasteiger partial charge on any atom is -0.319 e. The maximum atomic E-state index is 12.3. The van der Waals surface area contributed by atoms with Crippen molar-refractivity contribution in [1.82, 2.24) is 19.6 Å². The van der Waals surface area contributed by atoms with E-state index in [1.54, 1.807) is 10.7 Å². The van der Waals surface area contributed by atoms with E-state index < -0.39 is 0 Å². The van der Waals surface area contributed by atoms with Gasteiger partial charge in [-0.05, 0) is 55.5 Å². The first-order valence-corrected chi connectivity index (χ1v) is 7.32. The number of aryl methyl sites for hydroxylation is 3. The van der Waals surface area contributed by atoms with Crippen LogP contribution in [0.3, 0.4) is 0 Å². The maximum absolute atomic E-state index is 12.3. The van der Waals surface area contributed by atoms with Crippen molar-refractivity contribution in [3.05, 3.63) is 53.1 Å². The average molecular weight is 293 g/mol. The standard InChI is InChI=1S/C16H15N5O/c1-10-7-8-17-16-19-14(20-21(10)16)15(22)18-13-6-5-11-3-2-4-12(11)9-13/h5-9H,2-4H2,1H3,(H,18,22). The molecule has 0 radical (unpaired) electrons. The molecular weight excluding hydrogens is 278 g/mol. The minimum absolute atomic E-state index is 0.127. The van der Waals surface area contributed by atoms with E-state index >= 15 is 0 Å². The van der Waals surface area contributed by atoms with Crippen LogP contribution in [-0.4, -0.2) is 25.5 Å². The number of fused-ring (bicyclic) bond motifs is 2. The van der Waals surface area contributed by atoms with Crippen LogP contribution >= 0.6 is 0 Å². The van der Waals surface area contributed by atoms with E-state index in [0.29, 0.717) is 5.78 Å². The Bertz CT molecular complexity index is 883. The predicted molar refractivity (Wildman–Crippen MR) is 81.9 cm³/mol. The monoisotopic (exact) mass is 293 g/mol. The second-order valence-electron chi connectivity index (χ2n) is 5.52. The average Bonchev–Trinajstić information content (AvgIpc) is 3.13. The summed E-state index contributed by atoms with van der Waals surface area (Å²) < 4.78 is 1.57. The van der Waals surface area contributed by atoms with Gasteiger partial charge in [0.2, 0.25) is 5.82 Å². The summed E-state index contributed by atoms with van der Waals surface area (Å²) in [7, 11) is 0. The molecule has 6 heteroatoms. The van der Waals surface area contributed by atoms with Gasteiger partial charge < -0.3 is 5.32 Å². The molecular formula is C16H15N5O. The Morgan fingerprint density at radius 3 is 2.95 bits per heavy atom. The van der Waals surface area contributed by atoms with Gasteiger partial charge in [-0.15, -0.1) is 5.10 Å². The normalized spacial score (nSPS) is 13.3. The summed E-state index contributed by atoms with van der Waals surface area (Å²) in [6, 6.07) is 7.88. The molecule has 2 aromatic heterocycles. The summed E-state index contributed by atoms with van der Waals surface area (Å²) in [6.07, 6.45) is 5.05. The van der Waals surface area contributed by atoms with Crippen molar-refractivity contribution < 1.29 is 4.79 Å². The van der Waals surface area contributed by atoms with Crippen LogP contribution in [0, 0.1) is 6.92 Å². The van der Waals surface area contributed by atoms with Crippen molar-refractivity contribution in [3.8, 4) is 0 Å². The molecule has 1 amide bonds. The molecule has 0 aliphatic heterocycles. The number of benzene rings is 1. The molecule has 0 saturated carbocycles. The van der Waals surface area contributed by atoms with Crippen LogP contribution in [0.15, 0.2) is 30.5 Å². The van der Waals surface area contributed by atoms with Crippen molar-refractivity contribution >= 4 is 17.4 Å². The van der Waals surface area contributed by atoms with Crippen LogP contribution in [0.5, 0.6) is 0 Å². The van der Waals surface area contributed by atoms with Crippen molar-refractivity contribution in [2.75, 3.05) is 5.32 Å². The lowest BCUT2D eigenvalue weighted by Crippen LogP contribution is -2.14. The SMILES string of the molecule is Cc1ccnc2nc(C(=O)Nc3ccc4c(c3)CCC4)nn12. The Hall–Kier alpha value is -2.76. The number of nitrogens with zero attached hydrogens (tertiary/aromatic N) is 4. The highest BCUT2D eigenvalue weighted by atomic mass is 16.2. The smallest absolute Gasteiger partial charge is 0.295 e. The van der Waals surface area contributed by atoms with Crippen LogP contribution in [0.25, 0.3) is 5.78 Å². The van der Waals surface area contributed by atoms with Crippen LogP contribution in [0.4, 0.5) is 5.69 Å². The molecule has 0 fully saturated rings. The number of amides is 1. The quantitative estimate of drug-likeness (QED) is 0.786. The van der Waals surface area contributed by atoms with E-state index in [1.165, 1.54) is 17.5 Å². The van der Waals surface area contributed by atoms with E-state index in [2.05, 4.69) is 26.4 Å². The number of nitrogens with one attached hydrogen (secondary N) is 1. The summed E-state index contributed by atoms with van der Waals surface area (Å²) in [5, 5.41) is 7.08. The lowest BCUT2D eigenvalue weighted by atomic mass is 10.1. The largest absolute Gasteiger partial charge is 0.319 e. The highest BCUT2D eigenvalue weighted by Gasteiger charge is 2.16. The molecule has 3 aromatic rings. The molecule has 1 aliphatic carbocycles. The van der Waals surface area contributed by atoms with Gasteiger partial charge in [0.25, 0.3) is 11.7 Å². The van der Waals surface area contributed by atoms with Crippen molar-refractivity contribution in [1.29, 1.82) is 0 Å². The summed E-state index contributed by atoms with van der Waals surface area (Å²) in [5.41, 5.74) is 4.37.